The van der Waals surface area contributed by atoms with Crippen molar-refractivity contribution in [2.45, 2.75) is 89.4 Å². The van der Waals surface area contributed by atoms with Crippen LogP contribution in [-0.4, -0.2) is 77.9 Å². The fourth-order valence-electron chi connectivity index (χ4n) is 3.52. The van der Waals surface area contributed by atoms with Crippen LogP contribution in [0.2, 0.25) is 0 Å². The minimum Gasteiger partial charge on any atom is -0.480 e. The van der Waals surface area contributed by atoms with Gasteiger partial charge in [-0.25, -0.2) is 4.79 Å². The van der Waals surface area contributed by atoms with Gasteiger partial charge in [0.25, 0.3) is 0 Å². The summed E-state index contributed by atoms with van der Waals surface area (Å²) in [7, 11) is 0. The Morgan fingerprint density at radius 2 is 1.32 bits per heavy atom. The number of aliphatic imine (C=N–C) groups is 1. The number of nitrogens with one attached hydrogen (secondary N) is 3. The van der Waals surface area contributed by atoms with E-state index in [-0.39, 0.29) is 50.5 Å². The molecule has 4 amide bonds. The van der Waals surface area contributed by atoms with Crippen molar-refractivity contribution in [2.75, 3.05) is 13.1 Å². The summed E-state index contributed by atoms with van der Waals surface area (Å²) in [5.74, 6) is -3.98. The molecule has 38 heavy (non-hydrogen) atoms. The predicted octanol–water partition coefficient (Wildman–Crippen LogP) is -2.65. The average Bonchev–Trinajstić information content (AvgIpc) is 2.81. The maximum atomic E-state index is 13.1. The third-order valence-electron chi connectivity index (χ3n) is 5.51. The van der Waals surface area contributed by atoms with Crippen LogP contribution in [0.4, 0.5) is 0 Å². The van der Waals surface area contributed by atoms with Crippen molar-refractivity contribution in [3.63, 3.8) is 0 Å². The first-order valence-corrected chi connectivity index (χ1v) is 12.7. The molecule has 4 atom stereocenters. The molecule has 15 nitrogen and oxygen atoms in total. The van der Waals surface area contributed by atoms with Crippen LogP contribution in [0.3, 0.4) is 0 Å². The van der Waals surface area contributed by atoms with E-state index in [1.165, 1.54) is 0 Å². The molecule has 0 aliphatic rings. The number of carboxylic acids is 1. The molecule has 0 saturated carbocycles. The molecule has 14 N–H and O–H groups in total. The van der Waals surface area contributed by atoms with Crippen LogP contribution < -0.4 is 44.6 Å². The van der Waals surface area contributed by atoms with Crippen LogP contribution in [-0.2, 0) is 24.0 Å². The molecule has 0 aromatic rings. The number of aliphatic carboxylic acids is 1. The maximum Gasteiger partial charge on any atom is 0.326 e. The molecule has 0 radical (unpaired) electrons. The number of nitrogens with zero attached hydrogens (tertiary/aromatic N) is 1. The van der Waals surface area contributed by atoms with E-state index in [1.807, 2.05) is 13.8 Å². The molecule has 0 fully saturated rings. The molecule has 0 aliphatic carbocycles. The van der Waals surface area contributed by atoms with Gasteiger partial charge in [0.05, 0.1) is 6.04 Å². The van der Waals surface area contributed by atoms with Gasteiger partial charge in [-0.1, -0.05) is 13.8 Å². The SMILES string of the molecule is CC(C)C[C@H](N)C(=O)N[C@@H](CCC(N)=O)C(=O)N[C@@H](CCCCN)C(=O)N[C@@H](CCCN=C(N)N)C(=O)O. The number of nitrogens with two attached hydrogens (primary N) is 5. The fourth-order valence-corrected chi connectivity index (χ4v) is 3.52. The molecule has 218 valence electrons. The first-order chi connectivity index (χ1) is 17.8. The van der Waals surface area contributed by atoms with Crippen molar-refractivity contribution in [3.8, 4) is 0 Å². The van der Waals surface area contributed by atoms with E-state index in [4.69, 9.17) is 28.7 Å². The number of primary amides is 1. The third kappa shape index (κ3) is 15.6. The molecule has 0 bridgehead atoms. The van der Waals surface area contributed by atoms with Crippen molar-refractivity contribution in [3.05, 3.63) is 0 Å². The summed E-state index contributed by atoms with van der Waals surface area (Å²) in [5, 5.41) is 17.0. The van der Waals surface area contributed by atoms with E-state index >= 15 is 0 Å². The van der Waals surface area contributed by atoms with Gasteiger partial charge in [0.1, 0.15) is 18.1 Å². The lowest BCUT2D eigenvalue weighted by Crippen LogP contribution is -2.57. The van der Waals surface area contributed by atoms with Gasteiger partial charge in [0.2, 0.25) is 23.6 Å². The molecule has 15 heteroatoms. The quantitative estimate of drug-likeness (QED) is 0.0436. The number of guanidine groups is 1. The van der Waals surface area contributed by atoms with Gasteiger partial charge in [0, 0.05) is 13.0 Å². The molecule has 0 unspecified atom stereocenters. The molecular weight excluding hydrogens is 498 g/mol. The molecular formula is C23H45N9O6. The average molecular weight is 544 g/mol. The van der Waals surface area contributed by atoms with Gasteiger partial charge in [-0.15, -0.1) is 0 Å². The number of hydrogen-bond donors (Lipinski definition) is 9. The second-order valence-corrected chi connectivity index (χ2v) is 9.50. The number of rotatable bonds is 20. The topological polar surface area (TPSA) is 284 Å². The van der Waals surface area contributed by atoms with E-state index in [0.717, 1.165) is 0 Å². The molecule has 0 rings (SSSR count). The summed E-state index contributed by atoms with van der Waals surface area (Å²) in [6, 6.07) is -4.43. The molecule has 0 aromatic heterocycles. The van der Waals surface area contributed by atoms with Gasteiger partial charge in [0.15, 0.2) is 5.96 Å². The van der Waals surface area contributed by atoms with Crippen LogP contribution in [0.5, 0.6) is 0 Å². The summed E-state index contributed by atoms with van der Waals surface area (Å²) in [6.07, 6.45) is 1.60. The number of carbonyl (C=O) groups is 5. The highest BCUT2D eigenvalue weighted by molar-refractivity contribution is 5.94. The lowest BCUT2D eigenvalue weighted by Gasteiger charge is -2.25. The zero-order chi connectivity index (χ0) is 29.3. The van der Waals surface area contributed by atoms with Gasteiger partial charge in [-0.05, 0) is 57.4 Å². The number of amides is 4. The van der Waals surface area contributed by atoms with Crippen molar-refractivity contribution in [2.24, 2.45) is 39.6 Å². The van der Waals surface area contributed by atoms with Crippen molar-refractivity contribution >= 4 is 35.6 Å². The molecule has 0 heterocycles. The van der Waals surface area contributed by atoms with E-state index in [0.29, 0.717) is 25.8 Å². The summed E-state index contributed by atoms with van der Waals surface area (Å²) in [4.78, 5) is 65.4. The Bertz CT molecular complexity index is 817. The van der Waals surface area contributed by atoms with E-state index in [1.54, 1.807) is 0 Å². The Balaban J connectivity index is 5.56. The first kappa shape index (κ1) is 34.5. The Morgan fingerprint density at radius 1 is 0.789 bits per heavy atom. The Labute approximate surface area is 223 Å². The lowest BCUT2D eigenvalue weighted by atomic mass is 10.0. The smallest absolute Gasteiger partial charge is 0.326 e. The van der Waals surface area contributed by atoms with Crippen LogP contribution in [0.25, 0.3) is 0 Å². The highest BCUT2D eigenvalue weighted by Gasteiger charge is 2.30. The Kier molecular flexibility index (Phi) is 17.0. The minimum absolute atomic E-state index is 0.0480. The van der Waals surface area contributed by atoms with Crippen LogP contribution in [0.1, 0.15) is 65.2 Å². The van der Waals surface area contributed by atoms with Crippen molar-refractivity contribution < 1.29 is 29.1 Å². The minimum atomic E-state index is -1.26. The van der Waals surface area contributed by atoms with Crippen molar-refractivity contribution in [1.82, 2.24) is 16.0 Å². The summed E-state index contributed by atoms with van der Waals surface area (Å²) >= 11 is 0. The zero-order valence-electron chi connectivity index (χ0n) is 22.3. The van der Waals surface area contributed by atoms with Gasteiger partial charge in [-0.3, -0.25) is 24.2 Å². The molecule has 0 aromatic carbocycles. The second kappa shape index (κ2) is 18.7. The standard InChI is InChI=1S/C23H45N9O6/c1-13(2)12-14(25)19(34)30-16(8-9-18(26)33)21(36)31-15(6-3-4-10-24)20(35)32-17(22(37)38)7-5-11-29-23(27)28/h13-17H,3-12,24-25H2,1-2H3,(H2,26,33)(H,30,34)(H,31,36)(H,32,35)(H,37,38)(H4,27,28,29)/t14-,15-,16-,17-/m0/s1. The third-order valence-corrected chi connectivity index (χ3v) is 5.51. The molecule has 0 saturated heterocycles. The zero-order valence-corrected chi connectivity index (χ0v) is 22.3. The highest BCUT2D eigenvalue weighted by atomic mass is 16.4. The maximum absolute atomic E-state index is 13.1. The van der Waals surface area contributed by atoms with Crippen molar-refractivity contribution in [1.29, 1.82) is 0 Å². The Hall–Kier alpha value is -3.46. The number of hydrogen-bond acceptors (Lipinski definition) is 8. The Morgan fingerprint density at radius 3 is 1.82 bits per heavy atom. The monoisotopic (exact) mass is 543 g/mol. The lowest BCUT2D eigenvalue weighted by molar-refractivity contribution is -0.142. The molecule has 0 aliphatic heterocycles. The number of carboxylic acid groups (broad SMARTS) is 1. The van der Waals surface area contributed by atoms with Crippen LogP contribution in [0.15, 0.2) is 4.99 Å². The van der Waals surface area contributed by atoms with Gasteiger partial charge < -0.3 is 49.7 Å². The van der Waals surface area contributed by atoms with Crippen LogP contribution >= 0.6 is 0 Å². The first-order valence-electron chi connectivity index (χ1n) is 12.7. The normalized spacial score (nSPS) is 14.0. The van der Waals surface area contributed by atoms with E-state index in [2.05, 4.69) is 20.9 Å². The number of carbonyl (C=O) groups excluding carboxylic acids is 4. The summed E-state index contributed by atoms with van der Waals surface area (Å²) in [5.41, 5.74) is 27.2. The second-order valence-electron chi connectivity index (χ2n) is 9.50. The van der Waals surface area contributed by atoms with E-state index in [9.17, 15) is 29.1 Å². The largest absolute Gasteiger partial charge is 0.480 e. The fraction of sp³-hybridized carbons (Fsp3) is 0.739. The predicted molar refractivity (Wildman–Crippen MR) is 142 cm³/mol. The highest BCUT2D eigenvalue weighted by Crippen LogP contribution is 2.08. The van der Waals surface area contributed by atoms with Gasteiger partial charge in [-0.2, -0.15) is 0 Å². The van der Waals surface area contributed by atoms with Gasteiger partial charge >= 0.3 is 5.97 Å². The van der Waals surface area contributed by atoms with Crippen LogP contribution in [0, 0.1) is 5.92 Å². The van der Waals surface area contributed by atoms with E-state index < -0.39 is 53.8 Å². The summed E-state index contributed by atoms with van der Waals surface area (Å²) in [6.45, 7) is 4.31. The number of unbranched alkanes of at least 4 members (excludes halogenated alkanes) is 1. The molecule has 0 spiro atoms. The summed E-state index contributed by atoms with van der Waals surface area (Å²) < 4.78 is 0.